The lowest BCUT2D eigenvalue weighted by atomic mass is 9.94. The van der Waals surface area contributed by atoms with Crippen LogP contribution in [0.25, 0.3) is 22.3 Å². The number of aromatic amines is 2. The summed E-state index contributed by atoms with van der Waals surface area (Å²) in [5.41, 5.74) is 4.92. The number of fused-ring (bicyclic) bond motifs is 3. The third kappa shape index (κ3) is 4.32. The second kappa shape index (κ2) is 10.1. The third-order valence-corrected chi connectivity index (χ3v) is 8.43. The lowest BCUT2D eigenvalue weighted by molar-refractivity contribution is -0.305. The number of nitrogen functional groups attached to an aromatic ring is 1. The molecular weight excluding hydrogens is 572 g/mol. The predicted molar refractivity (Wildman–Crippen MR) is 134 cm³/mol. The number of nitrogens with two attached hydrogens (primary N) is 1. The van der Waals surface area contributed by atoms with E-state index in [2.05, 4.69) is 34.8 Å². The maximum absolute atomic E-state index is 15.6. The summed E-state index contributed by atoms with van der Waals surface area (Å²) in [5.74, 6) is -1.26. The summed E-state index contributed by atoms with van der Waals surface area (Å²) in [4.78, 5) is 49.5. The Hall–Kier alpha value is -3.42. The largest absolute Gasteiger partial charge is 0.385 e. The van der Waals surface area contributed by atoms with Crippen LogP contribution in [0.3, 0.4) is 0 Å². The van der Waals surface area contributed by atoms with Gasteiger partial charge in [-0.2, -0.15) is 4.98 Å². The van der Waals surface area contributed by atoms with Crippen molar-refractivity contribution in [2.75, 3.05) is 12.3 Å². The number of nitrogens with zero attached hydrogens (tertiary/aromatic N) is 6. The van der Waals surface area contributed by atoms with Gasteiger partial charge in [0.15, 0.2) is 53.3 Å². The molecule has 218 valence electrons. The molecule has 4 aromatic heterocycles. The topological polar surface area (TPSA) is 240 Å². The molecule has 3 saturated heterocycles. The van der Waals surface area contributed by atoms with Gasteiger partial charge in [0.2, 0.25) is 5.95 Å². The molecule has 4 aromatic rings. The van der Waals surface area contributed by atoms with Gasteiger partial charge in [-0.1, -0.05) is 0 Å². The van der Waals surface area contributed by atoms with Crippen LogP contribution in [0, 0.1) is 5.92 Å². The fourth-order valence-corrected chi connectivity index (χ4v) is 6.43. The summed E-state index contributed by atoms with van der Waals surface area (Å²) in [6.45, 7) is 0.0883. The van der Waals surface area contributed by atoms with Crippen molar-refractivity contribution < 1.29 is 38.4 Å². The van der Waals surface area contributed by atoms with Crippen LogP contribution in [-0.4, -0.2) is 92.6 Å². The summed E-state index contributed by atoms with van der Waals surface area (Å²) in [7, 11) is -0.391. The number of hydrogen-bond acceptors (Lipinski definition) is 14. The maximum atomic E-state index is 15.6. The van der Waals surface area contributed by atoms with Gasteiger partial charge in [-0.15, -0.1) is 0 Å². The summed E-state index contributed by atoms with van der Waals surface area (Å²) >= 11 is 0. The van der Waals surface area contributed by atoms with Crippen LogP contribution >= 0.6 is 8.81 Å². The molecular formula is C21H23FN9O9P. The molecule has 0 bridgehead atoms. The number of rotatable bonds is 6. The molecule has 20 heteroatoms. The van der Waals surface area contributed by atoms with E-state index in [0.29, 0.717) is 0 Å². The fourth-order valence-electron chi connectivity index (χ4n) is 5.42. The second-order valence-corrected chi connectivity index (χ2v) is 10.9. The van der Waals surface area contributed by atoms with E-state index in [0.717, 1.165) is 0 Å². The minimum Gasteiger partial charge on any atom is -0.385 e. The predicted octanol–water partition coefficient (Wildman–Crippen LogP) is -0.883. The number of ether oxygens (including phenoxy) is 3. The Bertz CT molecular complexity index is 1710. The van der Waals surface area contributed by atoms with Gasteiger partial charge >= 0.3 is 0 Å². The van der Waals surface area contributed by atoms with Crippen molar-refractivity contribution in [1.29, 1.82) is 0 Å². The first-order chi connectivity index (χ1) is 19.8. The van der Waals surface area contributed by atoms with Crippen molar-refractivity contribution in [3.05, 3.63) is 39.7 Å². The maximum Gasteiger partial charge on any atom is 0.280 e. The molecule has 3 aliphatic heterocycles. The number of aliphatic hydroxyl groups excluding tert-OH is 1. The molecule has 3 unspecified atom stereocenters. The molecule has 6 N–H and O–H groups in total. The highest BCUT2D eigenvalue weighted by Crippen LogP contribution is 2.46. The van der Waals surface area contributed by atoms with E-state index in [-0.39, 0.29) is 41.3 Å². The molecule has 0 spiro atoms. The molecule has 0 saturated carbocycles. The molecule has 7 rings (SSSR count). The number of nitrogens with one attached hydrogen (secondary N) is 2. The minimum absolute atomic E-state index is 0.0329. The van der Waals surface area contributed by atoms with Crippen molar-refractivity contribution in [2.45, 2.75) is 55.5 Å². The van der Waals surface area contributed by atoms with Gasteiger partial charge in [-0.3, -0.25) is 29.0 Å². The molecule has 0 radical (unpaired) electrons. The Kier molecular flexibility index (Phi) is 6.55. The third-order valence-electron chi connectivity index (χ3n) is 7.39. The number of halogens is 1. The molecule has 0 amide bonds. The van der Waals surface area contributed by atoms with Crippen molar-refractivity contribution in [2.24, 2.45) is 5.92 Å². The number of H-pyrrole nitrogens is 2. The number of aromatic nitrogens is 8. The van der Waals surface area contributed by atoms with Crippen LogP contribution in [0.1, 0.15) is 18.9 Å². The van der Waals surface area contributed by atoms with E-state index in [1.165, 1.54) is 28.1 Å². The quantitative estimate of drug-likeness (QED) is 0.103. The smallest absolute Gasteiger partial charge is 0.280 e. The Morgan fingerprint density at radius 2 is 1.85 bits per heavy atom. The van der Waals surface area contributed by atoms with E-state index >= 15 is 4.39 Å². The van der Waals surface area contributed by atoms with Gasteiger partial charge in [0.25, 0.3) is 11.1 Å². The van der Waals surface area contributed by atoms with Crippen molar-refractivity contribution in [3.63, 3.8) is 0 Å². The first-order valence-corrected chi connectivity index (χ1v) is 13.4. The Morgan fingerprint density at radius 1 is 1.10 bits per heavy atom. The van der Waals surface area contributed by atoms with E-state index in [4.69, 9.17) is 24.5 Å². The lowest BCUT2D eigenvalue weighted by Crippen LogP contribution is -2.37. The number of anilines is 1. The number of alkyl halides is 1. The average Bonchev–Trinajstić information content (AvgIpc) is 3.71. The van der Waals surface area contributed by atoms with Crippen LogP contribution in [-0.2, 0) is 23.6 Å². The number of imidazole rings is 2. The SMILES string of the molecule is Nc1nc2c(ncn2[C@@H]2OC(OPC3C[C@H]4[C@H](F)[C@H](n5cnc6c(=O)[nH]cnc65)O[C@@H]4CO3)[C@@H](O)[C@H]2OO)c(=O)[nH]1. The zero-order valence-corrected chi connectivity index (χ0v) is 21.7. The molecule has 10 atom stereocenters. The van der Waals surface area contributed by atoms with Gasteiger partial charge in [-0.05, 0) is 6.42 Å². The Balaban J connectivity index is 1.03. The van der Waals surface area contributed by atoms with Crippen LogP contribution in [0.2, 0.25) is 0 Å². The van der Waals surface area contributed by atoms with Crippen LogP contribution in [0.15, 0.2) is 28.6 Å². The minimum atomic E-state index is -1.45. The lowest BCUT2D eigenvalue weighted by Gasteiger charge is -2.31. The summed E-state index contributed by atoms with van der Waals surface area (Å²) in [5, 5.41) is 20.2. The number of aliphatic hydroxyl groups is 1. The first kappa shape index (κ1) is 26.5. The highest BCUT2D eigenvalue weighted by Gasteiger charge is 2.51. The Morgan fingerprint density at radius 3 is 2.63 bits per heavy atom. The standard InChI is InChI=1S/C21H23FN9O9P/c22-9-6-1-8(36-2-7(6)37-18(9)30-4-26-10-14(30)24-3-25-16(10)33)41-40-20-12(32)13(39-35)19(38-20)31-5-27-11-15(31)28-21(23)29-17(11)34/h3-9,12-13,18-20,32,35,41H,1-2H2,(H,24,25,33)(H3,23,28,29,34)/t6-,7-,8?,9+,12+,13-,18-,19-,20?/m1/s1. The van der Waals surface area contributed by atoms with E-state index in [1.54, 1.807) is 0 Å². The van der Waals surface area contributed by atoms with E-state index in [1.807, 2.05) is 0 Å². The molecule has 7 heterocycles. The molecule has 0 aromatic carbocycles. The van der Waals surface area contributed by atoms with Crippen LogP contribution in [0.5, 0.6) is 0 Å². The average molecular weight is 595 g/mol. The van der Waals surface area contributed by atoms with E-state index in [9.17, 15) is 20.0 Å². The zero-order valence-electron chi connectivity index (χ0n) is 20.7. The van der Waals surface area contributed by atoms with Crippen molar-refractivity contribution in [1.82, 2.24) is 39.0 Å². The normalized spacial score (nSPS) is 33.9. The highest BCUT2D eigenvalue weighted by atomic mass is 31.1. The summed E-state index contributed by atoms with van der Waals surface area (Å²) in [6, 6.07) is 0. The molecule has 3 fully saturated rings. The van der Waals surface area contributed by atoms with Gasteiger partial charge in [0.05, 0.1) is 37.5 Å². The van der Waals surface area contributed by atoms with Crippen LogP contribution < -0.4 is 16.9 Å². The monoisotopic (exact) mass is 595 g/mol. The highest BCUT2D eigenvalue weighted by molar-refractivity contribution is 7.32. The van der Waals surface area contributed by atoms with Gasteiger partial charge in [0, 0.05) is 14.7 Å². The number of hydrogen-bond donors (Lipinski definition) is 5. The first-order valence-electron chi connectivity index (χ1n) is 12.4. The van der Waals surface area contributed by atoms with E-state index < -0.39 is 74.9 Å². The zero-order chi connectivity index (χ0) is 28.4. The molecule has 41 heavy (non-hydrogen) atoms. The summed E-state index contributed by atoms with van der Waals surface area (Å²) in [6.07, 6.45) is -4.25. The fraction of sp³-hybridized carbons (Fsp3) is 0.524. The van der Waals surface area contributed by atoms with Crippen molar-refractivity contribution >= 4 is 37.1 Å². The Labute approximate surface area is 228 Å². The van der Waals surface area contributed by atoms with Crippen molar-refractivity contribution in [3.8, 4) is 0 Å². The molecule has 0 aliphatic carbocycles. The molecule has 3 aliphatic rings. The summed E-state index contributed by atoms with van der Waals surface area (Å²) < 4.78 is 41.7. The van der Waals surface area contributed by atoms with Gasteiger partial charge in [-0.25, -0.2) is 24.2 Å². The second-order valence-electron chi connectivity index (χ2n) is 9.75. The van der Waals surface area contributed by atoms with Gasteiger partial charge in [0.1, 0.15) is 6.10 Å². The van der Waals surface area contributed by atoms with Gasteiger partial charge < -0.3 is 34.6 Å². The molecule has 18 nitrogen and oxygen atoms in total. The van der Waals surface area contributed by atoms with Crippen LogP contribution in [0.4, 0.5) is 10.3 Å².